The van der Waals surface area contributed by atoms with Crippen LogP contribution < -0.4 is 15.4 Å². The third-order valence-corrected chi connectivity index (χ3v) is 7.55. The fourth-order valence-corrected chi connectivity index (χ4v) is 5.07. The largest absolute Gasteiger partial charge is 0.454 e. The predicted molar refractivity (Wildman–Crippen MR) is 138 cm³/mol. The van der Waals surface area contributed by atoms with E-state index in [0.29, 0.717) is 17.7 Å². The number of rotatable bonds is 7. The number of hydrogen-bond donors (Lipinski definition) is 2. The van der Waals surface area contributed by atoms with E-state index in [2.05, 4.69) is 10.6 Å². The first-order valence-electron chi connectivity index (χ1n) is 12.0. The van der Waals surface area contributed by atoms with Crippen molar-refractivity contribution in [1.29, 1.82) is 0 Å². The van der Waals surface area contributed by atoms with Crippen molar-refractivity contribution in [3.63, 3.8) is 0 Å². The van der Waals surface area contributed by atoms with E-state index >= 15 is 0 Å². The van der Waals surface area contributed by atoms with Crippen LogP contribution in [-0.2, 0) is 19.4 Å². The van der Waals surface area contributed by atoms with Gasteiger partial charge in [-0.05, 0) is 60.4 Å². The van der Waals surface area contributed by atoms with E-state index in [1.807, 2.05) is 13.8 Å². The molecule has 0 aliphatic carbocycles. The minimum atomic E-state index is -3.59. The summed E-state index contributed by atoms with van der Waals surface area (Å²) in [6, 6.07) is 8.29. The molecule has 0 bridgehead atoms. The van der Waals surface area contributed by atoms with Crippen LogP contribution in [0.2, 0.25) is 0 Å². The first-order valence-corrected chi connectivity index (χ1v) is 13.9. The lowest BCUT2D eigenvalue weighted by atomic mass is 9.85. The second-order valence-electron chi connectivity index (χ2n) is 9.50. The van der Waals surface area contributed by atoms with Gasteiger partial charge < -0.3 is 20.3 Å². The summed E-state index contributed by atoms with van der Waals surface area (Å²) >= 11 is 0. The average molecular weight is 528 g/mol. The van der Waals surface area contributed by atoms with E-state index in [-0.39, 0.29) is 39.8 Å². The fraction of sp³-hybridized carbons (Fsp3) is 0.333. The van der Waals surface area contributed by atoms with Gasteiger partial charge in [0.15, 0.2) is 21.4 Å². The molecule has 2 N–H and O–H groups in total. The molecule has 0 saturated carbocycles. The van der Waals surface area contributed by atoms with Crippen LogP contribution in [0.15, 0.2) is 59.3 Å². The number of benzene rings is 2. The van der Waals surface area contributed by atoms with Gasteiger partial charge in [-0.3, -0.25) is 9.59 Å². The molecule has 2 aliphatic heterocycles. The molecule has 2 aromatic rings. The topological polar surface area (TPSA) is 105 Å². The zero-order valence-electron chi connectivity index (χ0n) is 21.3. The SMILES string of the molecule is CCNC(=O)C1=CC2C(c3cc(S(C)(=O)=O)ccc3Oc3ccc(C(C)C)cc3F)=CN(C)C(=O)C2N1. The molecule has 196 valence electrons. The lowest BCUT2D eigenvalue weighted by Crippen LogP contribution is -2.48. The lowest BCUT2D eigenvalue weighted by Gasteiger charge is -2.32. The molecule has 4 rings (SSSR count). The van der Waals surface area contributed by atoms with Crippen LogP contribution in [0.5, 0.6) is 11.5 Å². The number of sulfone groups is 1. The molecule has 8 nitrogen and oxygen atoms in total. The zero-order valence-corrected chi connectivity index (χ0v) is 22.1. The maximum atomic E-state index is 14.9. The summed E-state index contributed by atoms with van der Waals surface area (Å²) in [5, 5.41) is 5.70. The summed E-state index contributed by atoms with van der Waals surface area (Å²) in [6.07, 6.45) is 4.34. The molecule has 2 unspecified atom stereocenters. The highest BCUT2D eigenvalue weighted by atomic mass is 32.2. The second-order valence-corrected chi connectivity index (χ2v) is 11.5. The van der Waals surface area contributed by atoms with Crippen LogP contribution in [0.25, 0.3) is 5.57 Å². The van der Waals surface area contributed by atoms with Gasteiger partial charge in [-0.2, -0.15) is 0 Å². The monoisotopic (exact) mass is 527 g/mol. The molecule has 0 aromatic heterocycles. The Hall–Kier alpha value is -3.66. The Morgan fingerprint density at radius 2 is 1.89 bits per heavy atom. The Balaban J connectivity index is 1.84. The Kier molecular flexibility index (Phi) is 7.14. The van der Waals surface area contributed by atoms with Gasteiger partial charge in [-0.15, -0.1) is 0 Å². The van der Waals surface area contributed by atoms with Crippen LogP contribution in [-0.4, -0.2) is 51.0 Å². The van der Waals surface area contributed by atoms with Crippen molar-refractivity contribution < 1.29 is 27.1 Å². The lowest BCUT2D eigenvalue weighted by molar-refractivity contribution is -0.130. The highest BCUT2D eigenvalue weighted by Crippen LogP contribution is 2.42. The Morgan fingerprint density at radius 1 is 1.19 bits per heavy atom. The molecule has 37 heavy (non-hydrogen) atoms. The van der Waals surface area contributed by atoms with Crippen LogP contribution >= 0.6 is 0 Å². The number of ether oxygens (including phenoxy) is 1. The summed E-state index contributed by atoms with van der Waals surface area (Å²) in [6.45, 7) is 6.12. The predicted octanol–water partition coefficient (Wildman–Crippen LogP) is 3.57. The van der Waals surface area contributed by atoms with E-state index in [0.717, 1.165) is 11.8 Å². The van der Waals surface area contributed by atoms with Crippen molar-refractivity contribution in [2.24, 2.45) is 5.92 Å². The molecule has 0 fully saturated rings. The number of carbonyl (C=O) groups is 2. The van der Waals surface area contributed by atoms with E-state index in [4.69, 9.17) is 4.74 Å². The van der Waals surface area contributed by atoms with Gasteiger partial charge in [-0.25, -0.2) is 12.8 Å². The van der Waals surface area contributed by atoms with Gasteiger partial charge in [-0.1, -0.05) is 19.9 Å². The number of hydrogen-bond acceptors (Lipinski definition) is 6. The molecule has 2 amide bonds. The van der Waals surface area contributed by atoms with E-state index in [9.17, 15) is 22.4 Å². The van der Waals surface area contributed by atoms with Gasteiger partial charge in [0.05, 0.1) is 10.6 Å². The first kappa shape index (κ1) is 26.4. The summed E-state index contributed by atoms with van der Waals surface area (Å²) in [5.41, 5.74) is 2.00. The first-order chi connectivity index (χ1) is 17.4. The van der Waals surface area contributed by atoms with Gasteiger partial charge in [0, 0.05) is 37.5 Å². The minimum absolute atomic E-state index is 0.0155. The number of likely N-dealkylation sites (N-methyl/N-ethyl adjacent to an activating group) is 2. The second kappa shape index (κ2) is 10.0. The molecular weight excluding hydrogens is 497 g/mol. The van der Waals surface area contributed by atoms with E-state index in [1.54, 1.807) is 32.3 Å². The molecule has 2 atom stereocenters. The van der Waals surface area contributed by atoms with Gasteiger partial charge in [0.1, 0.15) is 11.8 Å². The number of nitrogens with zero attached hydrogens (tertiary/aromatic N) is 1. The van der Waals surface area contributed by atoms with Gasteiger partial charge in [0.25, 0.3) is 5.91 Å². The minimum Gasteiger partial charge on any atom is -0.454 e. The summed E-state index contributed by atoms with van der Waals surface area (Å²) in [7, 11) is -2.01. The van der Waals surface area contributed by atoms with Crippen molar-refractivity contribution >= 4 is 27.2 Å². The third-order valence-electron chi connectivity index (χ3n) is 6.44. The Bertz CT molecular complexity index is 1430. The highest BCUT2D eigenvalue weighted by molar-refractivity contribution is 7.90. The maximum absolute atomic E-state index is 14.9. The van der Waals surface area contributed by atoms with Crippen molar-refractivity contribution in [2.75, 3.05) is 19.8 Å². The van der Waals surface area contributed by atoms with Gasteiger partial charge >= 0.3 is 0 Å². The molecule has 2 heterocycles. The van der Waals surface area contributed by atoms with Crippen LogP contribution in [0.3, 0.4) is 0 Å². The number of carbonyl (C=O) groups excluding carboxylic acids is 2. The highest BCUT2D eigenvalue weighted by Gasteiger charge is 2.42. The number of nitrogens with one attached hydrogen (secondary N) is 2. The average Bonchev–Trinajstić information content (AvgIpc) is 3.28. The molecule has 2 aliphatic rings. The quantitative estimate of drug-likeness (QED) is 0.571. The molecule has 0 spiro atoms. The summed E-state index contributed by atoms with van der Waals surface area (Å²) < 4.78 is 45.7. The standard InChI is InChI=1S/C27H30FN3O5S/c1-6-29-26(32)22-13-19-20(14-31(4)27(33)25(19)30-22)18-12-17(37(5,34)35)8-10-23(18)36-24-9-7-16(15(2)3)11-21(24)28/h7-15,19,25,30H,6H2,1-5H3,(H,29,32). The number of fused-ring (bicyclic) bond motifs is 1. The molecule has 0 radical (unpaired) electrons. The van der Waals surface area contributed by atoms with Crippen molar-refractivity contribution in [3.05, 3.63) is 71.3 Å². The van der Waals surface area contributed by atoms with Crippen LogP contribution in [0, 0.1) is 11.7 Å². The Labute approximate surface area is 216 Å². The fourth-order valence-electron chi connectivity index (χ4n) is 4.42. The zero-order chi connectivity index (χ0) is 27.1. The molecular formula is C27H30FN3O5S. The summed E-state index contributed by atoms with van der Waals surface area (Å²) in [4.78, 5) is 26.8. The molecule has 2 aromatic carbocycles. The smallest absolute Gasteiger partial charge is 0.267 e. The van der Waals surface area contributed by atoms with E-state index in [1.165, 1.54) is 35.2 Å². The maximum Gasteiger partial charge on any atom is 0.267 e. The van der Waals surface area contributed by atoms with Crippen molar-refractivity contribution in [1.82, 2.24) is 15.5 Å². The van der Waals surface area contributed by atoms with Gasteiger partial charge in [0.2, 0.25) is 5.91 Å². The van der Waals surface area contributed by atoms with Crippen molar-refractivity contribution in [2.45, 2.75) is 37.6 Å². The van der Waals surface area contributed by atoms with E-state index < -0.39 is 27.6 Å². The molecule has 10 heteroatoms. The molecule has 0 saturated heterocycles. The number of halogens is 1. The summed E-state index contributed by atoms with van der Waals surface area (Å²) in [5.74, 6) is -1.39. The number of amides is 2. The third kappa shape index (κ3) is 5.24. The normalized spacial score (nSPS) is 19.2. The van der Waals surface area contributed by atoms with Crippen LogP contribution in [0.4, 0.5) is 4.39 Å². The van der Waals surface area contributed by atoms with Crippen molar-refractivity contribution in [3.8, 4) is 11.5 Å². The Morgan fingerprint density at radius 3 is 2.51 bits per heavy atom. The van der Waals surface area contributed by atoms with Crippen LogP contribution in [0.1, 0.15) is 37.8 Å².